The number of methoxy groups -OCH3 is 1. The number of benzene rings is 1. The number of hydrogen-bond acceptors (Lipinski definition) is 4. The Hall–Kier alpha value is -2.14. The lowest BCUT2D eigenvalue weighted by Gasteiger charge is -2.24. The van der Waals surface area contributed by atoms with Crippen LogP contribution in [0.3, 0.4) is 0 Å². The number of aryl methyl sites for hydroxylation is 1. The molecule has 0 aliphatic rings. The lowest BCUT2D eigenvalue weighted by molar-refractivity contribution is 0.253. The number of nitrogens with zero attached hydrogens (tertiary/aromatic N) is 2. The Morgan fingerprint density at radius 3 is 2.77 bits per heavy atom. The number of rotatable bonds is 6. The summed E-state index contributed by atoms with van der Waals surface area (Å²) in [5.41, 5.74) is 1.81. The first-order valence-corrected chi connectivity index (χ1v) is 7.41. The Morgan fingerprint density at radius 1 is 1.36 bits per heavy atom. The highest BCUT2D eigenvalue weighted by Crippen LogP contribution is 2.20. The molecule has 0 saturated carbocycles. The van der Waals surface area contributed by atoms with Gasteiger partial charge in [-0.2, -0.15) is 0 Å². The molecule has 0 amide bonds. The van der Waals surface area contributed by atoms with Gasteiger partial charge in [0.05, 0.1) is 13.2 Å². The normalized spacial score (nSPS) is 12.4. The van der Waals surface area contributed by atoms with Crippen molar-refractivity contribution < 1.29 is 4.74 Å². The zero-order valence-electron chi connectivity index (χ0n) is 13.6. The monoisotopic (exact) mass is 301 g/mol. The van der Waals surface area contributed by atoms with Gasteiger partial charge in [-0.15, -0.1) is 0 Å². The van der Waals surface area contributed by atoms with Gasteiger partial charge in [0.25, 0.3) is 5.56 Å². The van der Waals surface area contributed by atoms with Crippen LogP contribution in [0.15, 0.2) is 35.1 Å². The van der Waals surface area contributed by atoms with Crippen molar-refractivity contribution in [3.8, 4) is 5.75 Å². The van der Waals surface area contributed by atoms with Crippen molar-refractivity contribution >= 4 is 0 Å². The van der Waals surface area contributed by atoms with Crippen LogP contribution in [0.5, 0.6) is 5.75 Å². The summed E-state index contributed by atoms with van der Waals surface area (Å²) in [6, 6.07) is 9.58. The minimum atomic E-state index is -0.104. The standard InChI is InChI=1S/C17H23N3O2/c1-12-11-16(21)19-17(18-12)13(2)20(3)10-9-14-7-5-6-8-15(14)22-4/h5-8,11,13H,9-10H2,1-4H3,(H,18,19,21). The molecule has 1 N–H and O–H groups in total. The summed E-state index contributed by atoms with van der Waals surface area (Å²) in [4.78, 5) is 21.0. The first-order valence-electron chi connectivity index (χ1n) is 7.41. The van der Waals surface area contributed by atoms with Crippen LogP contribution < -0.4 is 10.3 Å². The first kappa shape index (κ1) is 16.2. The smallest absolute Gasteiger partial charge is 0.251 e. The summed E-state index contributed by atoms with van der Waals surface area (Å²) >= 11 is 0. The van der Waals surface area contributed by atoms with E-state index in [0.717, 1.165) is 24.4 Å². The van der Waals surface area contributed by atoms with Crippen LogP contribution >= 0.6 is 0 Å². The minimum absolute atomic E-state index is 0.0438. The summed E-state index contributed by atoms with van der Waals surface area (Å²) in [5, 5.41) is 0. The molecule has 5 nitrogen and oxygen atoms in total. The van der Waals surface area contributed by atoms with Crippen molar-refractivity contribution in [1.29, 1.82) is 0 Å². The van der Waals surface area contributed by atoms with Crippen LogP contribution in [0.2, 0.25) is 0 Å². The third kappa shape index (κ3) is 3.95. The molecule has 2 rings (SSSR count). The van der Waals surface area contributed by atoms with Gasteiger partial charge in [0.1, 0.15) is 11.6 Å². The molecule has 1 heterocycles. The number of nitrogens with one attached hydrogen (secondary N) is 1. The average molecular weight is 301 g/mol. The molecule has 0 radical (unpaired) electrons. The van der Waals surface area contributed by atoms with E-state index in [1.807, 2.05) is 39.1 Å². The number of aromatic amines is 1. The highest BCUT2D eigenvalue weighted by Gasteiger charge is 2.15. The van der Waals surface area contributed by atoms with E-state index in [1.54, 1.807) is 7.11 Å². The van der Waals surface area contributed by atoms with E-state index < -0.39 is 0 Å². The molecule has 5 heteroatoms. The molecule has 2 aromatic rings. The Labute approximate surface area is 131 Å². The molecule has 1 aromatic carbocycles. The molecular formula is C17H23N3O2. The van der Waals surface area contributed by atoms with Gasteiger partial charge in [0.2, 0.25) is 0 Å². The first-order chi connectivity index (χ1) is 10.5. The Bertz CT molecular complexity index is 682. The molecule has 0 bridgehead atoms. The van der Waals surface area contributed by atoms with Gasteiger partial charge >= 0.3 is 0 Å². The summed E-state index contributed by atoms with van der Waals surface area (Å²) in [6.07, 6.45) is 0.876. The topological polar surface area (TPSA) is 58.2 Å². The third-order valence-corrected chi connectivity index (χ3v) is 3.87. The van der Waals surface area contributed by atoms with Gasteiger partial charge in [-0.05, 0) is 38.9 Å². The third-order valence-electron chi connectivity index (χ3n) is 3.87. The SMILES string of the molecule is COc1ccccc1CCN(C)C(C)c1nc(C)cc(=O)[nH]1. The van der Waals surface area contributed by atoms with Crippen molar-refractivity contribution in [2.45, 2.75) is 26.3 Å². The predicted octanol–water partition coefficient (Wildman–Crippen LogP) is 2.32. The fourth-order valence-electron chi connectivity index (χ4n) is 2.41. The van der Waals surface area contributed by atoms with Gasteiger partial charge in [0, 0.05) is 18.3 Å². The van der Waals surface area contributed by atoms with Crippen molar-refractivity contribution in [2.75, 3.05) is 20.7 Å². The number of ether oxygens (including phenoxy) is 1. The highest BCUT2D eigenvalue weighted by molar-refractivity contribution is 5.33. The van der Waals surface area contributed by atoms with Crippen molar-refractivity contribution in [2.24, 2.45) is 0 Å². The van der Waals surface area contributed by atoms with Gasteiger partial charge in [0.15, 0.2) is 0 Å². The van der Waals surface area contributed by atoms with E-state index in [2.05, 4.69) is 20.9 Å². The summed E-state index contributed by atoms with van der Waals surface area (Å²) in [7, 11) is 3.72. The quantitative estimate of drug-likeness (QED) is 0.889. The molecular weight excluding hydrogens is 278 g/mol. The van der Waals surface area contributed by atoms with Crippen molar-refractivity contribution in [3.05, 3.63) is 57.8 Å². The molecule has 0 aliphatic heterocycles. The average Bonchev–Trinajstić information content (AvgIpc) is 2.51. The van der Waals surface area contributed by atoms with Crippen LogP contribution in [-0.4, -0.2) is 35.6 Å². The number of hydrogen-bond donors (Lipinski definition) is 1. The molecule has 1 unspecified atom stereocenters. The summed E-state index contributed by atoms with van der Waals surface area (Å²) in [6.45, 7) is 4.72. The van der Waals surface area contributed by atoms with E-state index in [9.17, 15) is 4.79 Å². The van der Waals surface area contributed by atoms with Crippen molar-refractivity contribution in [1.82, 2.24) is 14.9 Å². The highest BCUT2D eigenvalue weighted by atomic mass is 16.5. The van der Waals surface area contributed by atoms with Crippen LogP contribution in [0.4, 0.5) is 0 Å². The van der Waals surface area contributed by atoms with E-state index in [0.29, 0.717) is 5.82 Å². The number of likely N-dealkylation sites (N-methyl/N-ethyl adjacent to an activating group) is 1. The molecule has 22 heavy (non-hydrogen) atoms. The zero-order chi connectivity index (χ0) is 16.1. The van der Waals surface area contributed by atoms with Gasteiger partial charge in [-0.25, -0.2) is 4.98 Å². The molecule has 0 spiro atoms. The number of aromatic nitrogens is 2. The molecule has 0 saturated heterocycles. The van der Waals surface area contributed by atoms with Gasteiger partial charge in [-0.3, -0.25) is 9.69 Å². The fourth-order valence-corrected chi connectivity index (χ4v) is 2.41. The molecule has 0 aliphatic carbocycles. The Balaban J connectivity index is 2.05. The van der Waals surface area contributed by atoms with Gasteiger partial charge in [-0.1, -0.05) is 18.2 Å². The predicted molar refractivity (Wildman–Crippen MR) is 87.3 cm³/mol. The molecule has 0 fully saturated rings. The number of para-hydroxylation sites is 1. The van der Waals surface area contributed by atoms with Crippen LogP contribution in [0.25, 0.3) is 0 Å². The van der Waals surface area contributed by atoms with Gasteiger partial charge < -0.3 is 9.72 Å². The summed E-state index contributed by atoms with van der Waals surface area (Å²) in [5.74, 6) is 1.61. The fraction of sp³-hybridized carbons (Fsp3) is 0.412. The van der Waals surface area contributed by atoms with Crippen LogP contribution in [-0.2, 0) is 6.42 Å². The second-order valence-corrected chi connectivity index (χ2v) is 5.49. The lowest BCUT2D eigenvalue weighted by atomic mass is 10.1. The van der Waals surface area contributed by atoms with E-state index in [1.165, 1.54) is 11.6 Å². The van der Waals surface area contributed by atoms with E-state index >= 15 is 0 Å². The largest absolute Gasteiger partial charge is 0.496 e. The van der Waals surface area contributed by atoms with Crippen LogP contribution in [0.1, 0.15) is 30.0 Å². The maximum absolute atomic E-state index is 11.6. The minimum Gasteiger partial charge on any atom is -0.496 e. The lowest BCUT2D eigenvalue weighted by Crippen LogP contribution is -2.28. The van der Waals surface area contributed by atoms with E-state index in [-0.39, 0.29) is 11.6 Å². The molecule has 1 aromatic heterocycles. The Kier molecular flexibility index (Phi) is 5.33. The Morgan fingerprint density at radius 2 is 2.09 bits per heavy atom. The van der Waals surface area contributed by atoms with Crippen molar-refractivity contribution in [3.63, 3.8) is 0 Å². The maximum Gasteiger partial charge on any atom is 0.251 e. The molecule has 1 atom stereocenters. The zero-order valence-corrected chi connectivity index (χ0v) is 13.6. The second kappa shape index (κ2) is 7.22. The summed E-state index contributed by atoms with van der Waals surface area (Å²) < 4.78 is 5.38. The second-order valence-electron chi connectivity index (χ2n) is 5.49. The molecule has 118 valence electrons. The number of H-pyrrole nitrogens is 1. The van der Waals surface area contributed by atoms with Crippen LogP contribution in [0, 0.1) is 6.92 Å². The van der Waals surface area contributed by atoms with E-state index in [4.69, 9.17) is 4.74 Å². The maximum atomic E-state index is 11.6.